The van der Waals surface area contributed by atoms with Gasteiger partial charge < -0.3 is 19.9 Å². The molecular weight excluding hydrogens is 406 g/mol. The molecule has 1 fully saturated rings. The van der Waals surface area contributed by atoms with Crippen molar-refractivity contribution in [1.29, 1.82) is 0 Å². The zero-order valence-corrected chi connectivity index (χ0v) is 17.5. The summed E-state index contributed by atoms with van der Waals surface area (Å²) in [6, 6.07) is 13.5. The molecule has 2 aromatic rings. The molecule has 0 unspecified atom stereocenters. The second-order valence-corrected chi connectivity index (χ2v) is 7.80. The number of benzene rings is 2. The number of piperazine rings is 1. The van der Waals surface area contributed by atoms with Gasteiger partial charge in [0.1, 0.15) is 5.75 Å². The summed E-state index contributed by atoms with van der Waals surface area (Å²) in [4.78, 5) is 16.3. The fourth-order valence-electron chi connectivity index (χ4n) is 3.38. The lowest BCUT2D eigenvalue weighted by atomic mass is 10.1. The number of likely N-dealkylation sites (N-methyl/N-ethyl adjacent to an activating group) is 1. The Bertz CT molecular complexity index is 771. The van der Waals surface area contributed by atoms with Crippen LogP contribution in [0, 0.1) is 6.92 Å². The number of hydrogen-bond acceptors (Lipinski definition) is 3. The van der Waals surface area contributed by atoms with E-state index in [0.717, 1.165) is 23.2 Å². The first-order chi connectivity index (χ1) is 13.0. The maximum atomic E-state index is 12.2. The maximum Gasteiger partial charge on any atom is 0.262 e. The Balaban J connectivity index is 1.54. The predicted octanol–water partition coefficient (Wildman–Crippen LogP) is 2.50. The highest BCUT2D eigenvalue weighted by molar-refractivity contribution is 9.10. The van der Waals surface area contributed by atoms with Gasteiger partial charge in [0, 0.05) is 15.8 Å². The highest BCUT2D eigenvalue weighted by atomic mass is 79.9. The summed E-state index contributed by atoms with van der Waals surface area (Å²) in [6.07, 6.45) is 0. The third-order valence-corrected chi connectivity index (χ3v) is 5.50. The summed E-state index contributed by atoms with van der Waals surface area (Å²) in [5.74, 6) is 0.512. The molecular formula is C21H27BrN3O2+. The summed E-state index contributed by atoms with van der Waals surface area (Å²) in [7, 11) is 0. The van der Waals surface area contributed by atoms with Crippen molar-refractivity contribution >= 4 is 33.2 Å². The number of anilines is 2. The first-order valence-electron chi connectivity index (χ1n) is 9.42. The number of hydrogen-bond donors (Lipinski definition) is 2. The van der Waals surface area contributed by atoms with Crippen LogP contribution in [0.4, 0.5) is 11.4 Å². The number of aryl methyl sites for hydroxylation is 1. The monoisotopic (exact) mass is 432 g/mol. The Kier molecular flexibility index (Phi) is 6.74. The van der Waals surface area contributed by atoms with Gasteiger partial charge in [0.05, 0.1) is 32.7 Å². The molecule has 1 saturated heterocycles. The average molecular weight is 433 g/mol. The van der Waals surface area contributed by atoms with E-state index in [1.807, 2.05) is 36.4 Å². The van der Waals surface area contributed by atoms with Gasteiger partial charge in [-0.15, -0.1) is 0 Å². The third kappa shape index (κ3) is 5.47. The number of quaternary nitrogens is 1. The Morgan fingerprint density at radius 1 is 1.19 bits per heavy atom. The summed E-state index contributed by atoms with van der Waals surface area (Å²) >= 11 is 3.38. The first-order valence-corrected chi connectivity index (χ1v) is 10.2. The summed E-state index contributed by atoms with van der Waals surface area (Å²) in [5, 5.41) is 2.91. The number of carbonyl (C=O) groups excluding carboxylic acids is 1. The summed E-state index contributed by atoms with van der Waals surface area (Å²) in [6.45, 7) is 10.1. The fourth-order valence-corrected chi connectivity index (χ4v) is 3.65. The number of carbonyl (C=O) groups is 1. The second-order valence-electron chi connectivity index (χ2n) is 6.88. The topological polar surface area (TPSA) is 46.0 Å². The smallest absolute Gasteiger partial charge is 0.262 e. The van der Waals surface area contributed by atoms with E-state index < -0.39 is 0 Å². The van der Waals surface area contributed by atoms with E-state index in [1.165, 1.54) is 30.9 Å². The van der Waals surface area contributed by atoms with Crippen LogP contribution in [-0.4, -0.2) is 45.2 Å². The van der Waals surface area contributed by atoms with Gasteiger partial charge in [-0.05, 0) is 61.9 Å². The number of rotatable bonds is 6. The van der Waals surface area contributed by atoms with Crippen molar-refractivity contribution in [1.82, 2.24) is 0 Å². The van der Waals surface area contributed by atoms with Crippen LogP contribution in [0.5, 0.6) is 5.75 Å². The first kappa shape index (κ1) is 19.7. The average Bonchev–Trinajstić information content (AvgIpc) is 2.68. The highest BCUT2D eigenvalue weighted by Gasteiger charge is 2.20. The summed E-state index contributed by atoms with van der Waals surface area (Å²) in [5.41, 5.74) is 3.24. The van der Waals surface area contributed by atoms with Crippen molar-refractivity contribution in [2.45, 2.75) is 13.8 Å². The largest absolute Gasteiger partial charge is 0.484 e. The molecule has 5 nitrogen and oxygen atoms in total. The van der Waals surface area contributed by atoms with Crippen LogP contribution in [0.25, 0.3) is 0 Å². The Morgan fingerprint density at radius 3 is 2.52 bits per heavy atom. The lowest BCUT2D eigenvalue weighted by Gasteiger charge is -2.34. The minimum atomic E-state index is -0.162. The molecule has 2 aromatic carbocycles. The second kappa shape index (κ2) is 9.24. The van der Waals surface area contributed by atoms with Crippen molar-refractivity contribution in [2.24, 2.45) is 0 Å². The zero-order chi connectivity index (χ0) is 19.2. The number of ether oxygens (including phenoxy) is 1. The van der Waals surface area contributed by atoms with Gasteiger partial charge in [0.25, 0.3) is 5.91 Å². The molecule has 144 valence electrons. The molecule has 0 bridgehead atoms. The van der Waals surface area contributed by atoms with Crippen LogP contribution in [0.1, 0.15) is 12.5 Å². The van der Waals surface area contributed by atoms with Gasteiger partial charge in [0.15, 0.2) is 6.61 Å². The Labute approximate surface area is 169 Å². The van der Waals surface area contributed by atoms with Gasteiger partial charge >= 0.3 is 0 Å². The molecule has 0 saturated carbocycles. The molecule has 27 heavy (non-hydrogen) atoms. The third-order valence-electron chi connectivity index (χ3n) is 4.98. The van der Waals surface area contributed by atoms with E-state index >= 15 is 0 Å². The lowest BCUT2D eigenvalue weighted by molar-refractivity contribution is -0.898. The quantitative estimate of drug-likeness (QED) is 0.736. The van der Waals surface area contributed by atoms with Crippen molar-refractivity contribution in [3.05, 3.63) is 52.5 Å². The molecule has 2 N–H and O–H groups in total. The van der Waals surface area contributed by atoms with Crippen molar-refractivity contribution < 1.29 is 14.4 Å². The zero-order valence-electron chi connectivity index (χ0n) is 15.9. The normalized spacial score (nSPS) is 14.9. The van der Waals surface area contributed by atoms with Crippen LogP contribution in [0.15, 0.2) is 46.9 Å². The summed E-state index contributed by atoms with van der Waals surface area (Å²) < 4.78 is 6.50. The highest BCUT2D eigenvalue weighted by Crippen LogP contribution is 2.24. The van der Waals surface area contributed by atoms with Crippen LogP contribution in [0.2, 0.25) is 0 Å². The van der Waals surface area contributed by atoms with E-state index in [1.54, 1.807) is 4.90 Å². The molecule has 1 aliphatic heterocycles. The van der Waals surface area contributed by atoms with Crippen LogP contribution in [0.3, 0.4) is 0 Å². The molecule has 1 amide bonds. The van der Waals surface area contributed by atoms with Crippen LogP contribution >= 0.6 is 15.9 Å². The molecule has 1 aliphatic rings. The standard InChI is InChI=1S/C21H26BrN3O2/c1-3-24-10-12-25(13-11-24)20-9-6-18(14-16(20)2)23-21(26)15-27-19-7-4-17(22)5-8-19/h4-9,14H,3,10-13,15H2,1-2H3,(H,23,26)/p+1. The molecule has 3 rings (SSSR count). The Hall–Kier alpha value is -2.05. The van der Waals surface area contributed by atoms with E-state index in [4.69, 9.17) is 4.74 Å². The van der Waals surface area contributed by atoms with Gasteiger partial charge in [-0.2, -0.15) is 0 Å². The minimum Gasteiger partial charge on any atom is -0.484 e. The van der Waals surface area contributed by atoms with Gasteiger partial charge in [0.2, 0.25) is 0 Å². The van der Waals surface area contributed by atoms with E-state index in [0.29, 0.717) is 5.75 Å². The molecule has 1 heterocycles. The fraction of sp³-hybridized carbons (Fsp3) is 0.381. The number of nitrogens with one attached hydrogen (secondary N) is 2. The number of nitrogens with zero attached hydrogens (tertiary/aromatic N) is 1. The van der Waals surface area contributed by atoms with Crippen LogP contribution < -0.4 is 19.9 Å². The molecule has 0 aromatic heterocycles. The molecule has 0 radical (unpaired) electrons. The predicted molar refractivity (Wildman–Crippen MR) is 113 cm³/mol. The molecule has 0 atom stereocenters. The molecule has 0 aliphatic carbocycles. The van der Waals surface area contributed by atoms with E-state index in [9.17, 15) is 4.79 Å². The number of halogens is 1. The maximum absolute atomic E-state index is 12.2. The van der Waals surface area contributed by atoms with Gasteiger partial charge in [-0.25, -0.2) is 0 Å². The van der Waals surface area contributed by atoms with Crippen molar-refractivity contribution in [3.8, 4) is 5.75 Å². The van der Waals surface area contributed by atoms with Crippen molar-refractivity contribution in [2.75, 3.05) is 49.5 Å². The lowest BCUT2D eigenvalue weighted by Crippen LogP contribution is -3.14. The molecule has 6 heteroatoms. The van der Waals surface area contributed by atoms with E-state index in [-0.39, 0.29) is 12.5 Å². The molecule has 0 spiro atoms. The Morgan fingerprint density at radius 2 is 1.89 bits per heavy atom. The van der Waals surface area contributed by atoms with Gasteiger partial charge in [-0.1, -0.05) is 15.9 Å². The van der Waals surface area contributed by atoms with E-state index in [2.05, 4.69) is 46.1 Å². The van der Waals surface area contributed by atoms with Crippen molar-refractivity contribution in [3.63, 3.8) is 0 Å². The number of amides is 1. The minimum absolute atomic E-state index is 0.00974. The SMILES string of the molecule is CC[NH+]1CCN(c2ccc(NC(=O)COc3ccc(Br)cc3)cc2C)CC1. The van der Waals surface area contributed by atoms with Crippen LogP contribution in [-0.2, 0) is 4.79 Å². The van der Waals surface area contributed by atoms with Gasteiger partial charge in [-0.3, -0.25) is 4.79 Å².